The number of amides is 3. The minimum Gasteiger partial charge on any atom is -0.462 e. The summed E-state index contributed by atoms with van der Waals surface area (Å²) in [7, 11) is 0. The predicted molar refractivity (Wildman–Crippen MR) is 119 cm³/mol. The van der Waals surface area contributed by atoms with E-state index in [4.69, 9.17) is 4.74 Å². The standard InChI is InChI=1S/C25H24N2O5/c1-3-32-25(31)16-8-10-18(11-9-16)26-22(28)17-5-4-6-19(14-17)27-23(29)20-12-7-15(2)13-21(20)24(27)30/h4-11,14,20-21H,3,12-13H2,1-2H3,(H,26,28)/t20-,21-/m0/s1. The van der Waals surface area contributed by atoms with Crippen molar-refractivity contribution in [1.29, 1.82) is 0 Å². The van der Waals surface area contributed by atoms with E-state index in [0.29, 0.717) is 35.3 Å². The van der Waals surface area contributed by atoms with Crippen LogP contribution in [0.15, 0.2) is 60.2 Å². The van der Waals surface area contributed by atoms with Crippen LogP contribution in [0.2, 0.25) is 0 Å². The first-order valence-electron chi connectivity index (χ1n) is 10.6. The average Bonchev–Trinajstić information content (AvgIpc) is 3.03. The Labute approximate surface area is 186 Å². The van der Waals surface area contributed by atoms with E-state index in [1.165, 1.54) is 4.90 Å². The highest BCUT2D eigenvalue weighted by molar-refractivity contribution is 6.22. The maximum absolute atomic E-state index is 12.9. The number of anilines is 2. The monoisotopic (exact) mass is 432 g/mol. The Bertz CT molecular complexity index is 1120. The zero-order chi connectivity index (χ0) is 22.8. The molecule has 32 heavy (non-hydrogen) atoms. The largest absolute Gasteiger partial charge is 0.462 e. The number of hydrogen-bond acceptors (Lipinski definition) is 5. The van der Waals surface area contributed by atoms with Gasteiger partial charge in [0.05, 0.1) is 29.7 Å². The number of rotatable bonds is 5. The van der Waals surface area contributed by atoms with Gasteiger partial charge in [0.1, 0.15) is 0 Å². The normalized spacial score (nSPS) is 19.9. The number of esters is 1. The number of imide groups is 1. The molecular weight excluding hydrogens is 408 g/mol. The Morgan fingerprint density at radius 2 is 1.75 bits per heavy atom. The number of nitrogens with zero attached hydrogens (tertiary/aromatic N) is 1. The van der Waals surface area contributed by atoms with Crippen molar-refractivity contribution in [3.05, 3.63) is 71.3 Å². The van der Waals surface area contributed by atoms with Gasteiger partial charge in [0.25, 0.3) is 5.91 Å². The number of ether oxygens (including phenoxy) is 1. The lowest BCUT2D eigenvalue weighted by Crippen LogP contribution is -2.31. The van der Waals surface area contributed by atoms with Crippen LogP contribution in [0.25, 0.3) is 0 Å². The van der Waals surface area contributed by atoms with Crippen molar-refractivity contribution in [3.63, 3.8) is 0 Å². The lowest BCUT2D eigenvalue weighted by Gasteiger charge is -2.18. The highest BCUT2D eigenvalue weighted by Crippen LogP contribution is 2.39. The fraction of sp³-hybridized carbons (Fsp3) is 0.280. The van der Waals surface area contributed by atoms with Gasteiger partial charge in [0.2, 0.25) is 11.8 Å². The van der Waals surface area contributed by atoms with Gasteiger partial charge in [-0.15, -0.1) is 0 Å². The van der Waals surface area contributed by atoms with Crippen molar-refractivity contribution in [2.45, 2.75) is 26.7 Å². The van der Waals surface area contributed by atoms with Gasteiger partial charge in [-0.1, -0.05) is 17.7 Å². The molecule has 1 fully saturated rings. The van der Waals surface area contributed by atoms with Crippen LogP contribution in [-0.2, 0) is 14.3 Å². The van der Waals surface area contributed by atoms with Crippen molar-refractivity contribution in [2.75, 3.05) is 16.8 Å². The highest BCUT2D eigenvalue weighted by atomic mass is 16.5. The van der Waals surface area contributed by atoms with E-state index in [1.54, 1.807) is 55.5 Å². The first-order chi connectivity index (χ1) is 15.4. The molecule has 2 aromatic rings. The first kappa shape index (κ1) is 21.5. The number of benzene rings is 2. The topological polar surface area (TPSA) is 92.8 Å². The Morgan fingerprint density at radius 3 is 2.47 bits per heavy atom. The van der Waals surface area contributed by atoms with Gasteiger partial charge >= 0.3 is 5.97 Å². The van der Waals surface area contributed by atoms with E-state index >= 15 is 0 Å². The van der Waals surface area contributed by atoms with Gasteiger partial charge in [-0.05, 0) is 69.2 Å². The number of hydrogen-bond donors (Lipinski definition) is 1. The average molecular weight is 432 g/mol. The summed E-state index contributed by atoms with van der Waals surface area (Å²) in [6.45, 7) is 3.99. The van der Waals surface area contributed by atoms with Crippen LogP contribution < -0.4 is 10.2 Å². The van der Waals surface area contributed by atoms with E-state index in [9.17, 15) is 19.2 Å². The maximum Gasteiger partial charge on any atom is 0.338 e. The highest BCUT2D eigenvalue weighted by Gasteiger charge is 2.48. The second-order valence-electron chi connectivity index (χ2n) is 8.02. The Morgan fingerprint density at radius 1 is 1.03 bits per heavy atom. The zero-order valence-electron chi connectivity index (χ0n) is 18.0. The summed E-state index contributed by atoms with van der Waals surface area (Å²) in [6.07, 6.45) is 3.18. The molecule has 0 spiro atoms. The predicted octanol–water partition coefficient (Wildman–Crippen LogP) is 3.96. The molecule has 1 aliphatic heterocycles. The van der Waals surface area contributed by atoms with Crippen molar-refractivity contribution < 1.29 is 23.9 Å². The molecule has 0 radical (unpaired) electrons. The minimum absolute atomic E-state index is 0.209. The van der Waals surface area contributed by atoms with Crippen molar-refractivity contribution in [3.8, 4) is 0 Å². The fourth-order valence-corrected chi connectivity index (χ4v) is 4.19. The SMILES string of the molecule is CCOC(=O)c1ccc(NC(=O)c2cccc(N3C(=O)[C@H]4CC=C(C)C[C@@H]4C3=O)c2)cc1. The number of fused-ring (bicyclic) bond motifs is 1. The molecule has 1 saturated heterocycles. The lowest BCUT2D eigenvalue weighted by molar-refractivity contribution is -0.122. The molecule has 164 valence electrons. The lowest BCUT2D eigenvalue weighted by atomic mass is 9.82. The van der Waals surface area contributed by atoms with Crippen molar-refractivity contribution in [2.24, 2.45) is 11.8 Å². The summed E-state index contributed by atoms with van der Waals surface area (Å²) in [5, 5.41) is 2.76. The first-order valence-corrected chi connectivity index (χ1v) is 10.6. The van der Waals surface area contributed by atoms with Crippen LogP contribution >= 0.6 is 0 Å². The maximum atomic E-state index is 12.9. The summed E-state index contributed by atoms with van der Waals surface area (Å²) in [5.74, 6) is -1.89. The molecule has 4 rings (SSSR count). The molecule has 0 unspecified atom stereocenters. The van der Waals surface area contributed by atoms with E-state index < -0.39 is 5.97 Å². The third kappa shape index (κ3) is 4.06. The quantitative estimate of drug-likeness (QED) is 0.439. The van der Waals surface area contributed by atoms with Gasteiger partial charge in [0, 0.05) is 11.3 Å². The van der Waals surface area contributed by atoms with E-state index in [1.807, 2.05) is 13.0 Å². The second-order valence-corrected chi connectivity index (χ2v) is 8.02. The molecule has 2 atom stereocenters. The molecule has 1 heterocycles. The van der Waals surface area contributed by atoms with Crippen LogP contribution in [0, 0.1) is 11.8 Å². The molecule has 1 N–H and O–H groups in total. The Kier molecular flexibility index (Phi) is 5.90. The van der Waals surface area contributed by atoms with Crippen molar-refractivity contribution in [1.82, 2.24) is 0 Å². The van der Waals surface area contributed by atoms with E-state index in [-0.39, 0.29) is 36.2 Å². The van der Waals surface area contributed by atoms with E-state index in [0.717, 1.165) is 5.57 Å². The van der Waals surface area contributed by atoms with Crippen LogP contribution in [0.1, 0.15) is 47.4 Å². The summed E-state index contributed by atoms with van der Waals surface area (Å²) in [6, 6.07) is 12.9. The number of carbonyl (C=O) groups is 4. The third-order valence-electron chi connectivity index (χ3n) is 5.84. The summed E-state index contributed by atoms with van der Waals surface area (Å²) >= 11 is 0. The number of allylic oxidation sites excluding steroid dienone is 2. The van der Waals surface area contributed by atoms with Gasteiger partial charge in [-0.3, -0.25) is 19.3 Å². The Balaban J connectivity index is 1.50. The summed E-state index contributed by atoms with van der Waals surface area (Å²) in [4.78, 5) is 51.6. The smallest absolute Gasteiger partial charge is 0.338 e. The van der Waals surface area contributed by atoms with Crippen LogP contribution in [0.3, 0.4) is 0 Å². The molecule has 2 aromatic carbocycles. The second kappa shape index (κ2) is 8.78. The summed E-state index contributed by atoms with van der Waals surface area (Å²) < 4.78 is 4.95. The van der Waals surface area contributed by atoms with Gasteiger partial charge in [0.15, 0.2) is 0 Å². The minimum atomic E-state index is -0.427. The molecule has 0 bridgehead atoms. The van der Waals surface area contributed by atoms with Gasteiger partial charge < -0.3 is 10.1 Å². The Hall–Kier alpha value is -3.74. The molecule has 0 aromatic heterocycles. The van der Waals surface area contributed by atoms with Gasteiger partial charge in [-0.2, -0.15) is 0 Å². The van der Waals surface area contributed by atoms with Crippen molar-refractivity contribution >= 4 is 35.1 Å². The molecule has 7 nitrogen and oxygen atoms in total. The number of carbonyl (C=O) groups excluding carboxylic acids is 4. The third-order valence-corrected chi connectivity index (χ3v) is 5.84. The van der Waals surface area contributed by atoms with Crippen LogP contribution in [0.4, 0.5) is 11.4 Å². The van der Waals surface area contributed by atoms with Gasteiger partial charge in [-0.25, -0.2) is 4.79 Å². The zero-order valence-corrected chi connectivity index (χ0v) is 18.0. The number of nitrogens with one attached hydrogen (secondary N) is 1. The fourth-order valence-electron chi connectivity index (χ4n) is 4.19. The molecule has 1 aliphatic carbocycles. The molecule has 0 saturated carbocycles. The molecule has 3 amide bonds. The van der Waals surface area contributed by atoms with Crippen LogP contribution in [-0.4, -0.2) is 30.3 Å². The molecule has 7 heteroatoms. The van der Waals surface area contributed by atoms with Crippen LogP contribution in [0.5, 0.6) is 0 Å². The van der Waals surface area contributed by atoms with E-state index in [2.05, 4.69) is 5.32 Å². The summed E-state index contributed by atoms with van der Waals surface area (Å²) in [5.41, 5.74) is 2.74. The molecule has 2 aliphatic rings. The molecular formula is C25H24N2O5.